The van der Waals surface area contributed by atoms with E-state index in [-0.39, 0.29) is 24.1 Å². The van der Waals surface area contributed by atoms with Crippen LogP contribution >= 0.6 is 0 Å². The van der Waals surface area contributed by atoms with E-state index in [0.29, 0.717) is 24.5 Å². The number of rotatable bonds is 5. The molecule has 0 bridgehead atoms. The Labute approximate surface area is 208 Å². The number of pyridine rings is 2. The molecule has 0 atom stereocenters. The Morgan fingerprint density at radius 1 is 1.00 bits per heavy atom. The van der Waals surface area contributed by atoms with Crippen molar-refractivity contribution in [2.24, 2.45) is 7.05 Å². The highest BCUT2D eigenvalue weighted by Gasteiger charge is 2.26. The molecular formula is C25H28N8O3. The minimum Gasteiger partial charge on any atom is -0.447 e. The molecule has 5 heterocycles. The first-order valence-corrected chi connectivity index (χ1v) is 11.9. The van der Waals surface area contributed by atoms with Gasteiger partial charge in [0.15, 0.2) is 0 Å². The van der Waals surface area contributed by atoms with Crippen LogP contribution in [0.5, 0.6) is 0 Å². The van der Waals surface area contributed by atoms with Crippen molar-refractivity contribution in [2.45, 2.75) is 38.8 Å². The zero-order valence-electron chi connectivity index (χ0n) is 20.5. The number of nitrogens with zero attached hydrogens (tertiary/aromatic N) is 7. The molecule has 0 aliphatic carbocycles. The maximum Gasteiger partial charge on any atom is 0.410 e. The molecule has 1 N–H and O–H groups in total. The Balaban J connectivity index is 1.24. The lowest BCUT2D eigenvalue weighted by molar-refractivity contribution is 0.0653. The second-order valence-electron chi connectivity index (χ2n) is 9.20. The molecule has 0 aromatic carbocycles. The Bertz CT molecular complexity index is 1400. The van der Waals surface area contributed by atoms with Crippen molar-refractivity contribution in [2.75, 3.05) is 18.4 Å². The minimum atomic E-state index is -0.285. The number of fused-ring (bicyclic) bond motifs is 1. The van der Waals surface area contributed by atoms with Gasteiger partial charge in [0, 0.05) is 55.9 Å². The number of aromatic nitrogens is 6. The second-order valence-corrected chi connectivity index (χ2v) is 9.20. The summed E-state index contributed by atoms with van der Waals surface area (Å²) in [7, 11) is 1.86. The first-order valence-electron chi connectivity index (χ1n) is 11.9. The summed E-state index contributed by atoms with van der Waals surface area (Å²) in [5, 5.41) is 13.2. The molecule has 0 spiro atoms. The van der Waals surface area contributed by atoms with Crippen molar-refractivity contribution in [1.29, 1.82) is 0 Å². The van der Waals surface area contributed by atoms with E-state index in [0.717, 1.165) is 34.9 Å². The number of hydrogen-bond donors (Lipinski definition) is 1. The highest BCUT2D eigenvalue weighted by Crippen LogP contribution is 2.25. The normalized spacial score (nSPS) is 14.4. The van der Waals surface area contributed by atoms with Crippen molar-refractivity contribution in [3.8, 4) is 11.3 Å². The number of likely N-dealkylation sites (tertiary alicyclic amines) is 1. The molecule has 1 fully saturated rings. The van der Waals surface area contributed by atoms with E-state index in [2.05, 4.69) is 25.5 Å². The van der Waals surface area contributed by atoms with E-state index >= 15 is 0 Å². The summed E-state index contributed by atoms with van der Waals surface area (Å²) >= 11 is 0. The van der Waals surface area contributed by atoms with Crippen LogP contribution in [0.4, 0.5) is 10.6 Å². The highest BCUT2D eigenvalue weighted by atomic mass is 16.6. The monoisotopic (exact) mass is 488 g/mol. The standard InChI is InChI=1S/C25H28N8O3/c1-16(2)36-25(35)32-6-4-21(5-7-32)33-15-20(13-29-33)24(34)30-23-9-17-8-22(19-12-28-31(3)14-19)26-10-18(17)11-27-23/h8-16,21H,4-7H2,1-3H3,(H,27,30,34). The first kappa shape index (κ1) is 23.5. The Kier molecular flexibility index (Phi) is 6.36. The zero-order chi connectivity index (χ0) is 25.2. The van der Waals surface area contributed by atoms with Gasteiger partial charge in [-0.3, -0.25) is 19.1 Å². The van der Waals surface area contributed by atoms with Crippen molar-refractivity contribution >= 4 is 28.6 Å². The van der Waals surface area contributed by atoms with Crippen LogP contribution in [0.3, 0.4) is 0 Å². The van der Waals surface area contributed by atoms with Crippen LogP contribution in [0.25, 0.3) is 22.0 Å². The molecular weight excluding hydrogens is 460 g/mol. The fraction of sp³-hybridized carbons (Fsp3) is 0.360. The summed E-state index contributed by atoms with van der Waals surface area (Å²) in [5.74, 6) is 0.160. The molecule has 4 aromatic rings. The molecule has 0 radical (unpaired) electrons. The number of ether oxygens (including phenoxy) is 1. The smallest absolute Gasteiger partial charge is 0.410 e. The number of aryl methyl sites for hydroxylation is 1. The number of carbonyl (C=O) groups is 2. The lowest BCUT2D eigenvalue weighted by Crippen LogP contribution is -2.40. The molecule has 0 unspecified atom stereocenters. The fourth-order valence-electron chi connectivity index (χ4n) is 4.25. The Morgan fingerprint density at radius 3 is 2.50 bits per heavy atom. The predicted molar refractivity (Wildman–Crippen MR) is 133 cm³/mol. The lowest BCUT2D eigenvalue weighted by Gasteiger charge is -2.31. The van der Waals surface area contributed by atoms with Gasteiger partial charge in [0.25, 0.3) is 5.91 Å². The van der Waals surface area contributed by atoms with Gasteiger partial charge in [0.2, 0.25) is 0 Å². The summed E-state index contributed by atoms with van der Waals surface area (Å²) in [6.07, 6.45) is 11.5. The van der Waals surface area contributed by atoms with Gasteiger partial charge in [-0.15, -0.1) is 0 Å². The Hall–Kier alpha value is -4.28. The molecule has 36 heavy (non-hydrogen) atoms. The van der Waals surface area contributed by atoms with Crippen LogP contribution in [0.1, 0.15) is 43.1 Å². The van der Waals surface area contributed by atoms with Crippen molar-refractivity contribution in [1.82, 2.24) is 34.4 Å². The third kappa shape index (κ3) is 5.04. The maximum atomic E-state index is 12.9. The van der Waals surface area contributed by atoms with Gasteiger partial charge in [0.1, 0.15) is 5.82 Å². The van der Waals surface area contributed by atoms with E-state index < -0.39 is 0 Å². The molecule has 1 saturated heterocycles. The quantitative estimate of drug-likeness (QED) is 0.455. The number of amides is 2. The molecule has 2 amide bonds. The van der Waals surface area contributed by atoms with E-state index in [1.54, 1.807) is 45.2 Å². The van der Waals surface area contributed by atoms with Gasteiger partial charge in [-0.2, -0.15) is 10.2 Å². The molecule has 11 nitrogen and oxygen atoms in total. The average Bonchev–Trinajstić information content (AvgIpc) is 3.53. The highest BCUT2D eigenvalue weighted by molar-refractivity contribution is 6.04. The molecule has 186 valence electrons. The third-order valence-electron chi connectivity index (χ3n) is 6.14. The summed E-state index contributed by atoms with van der Waals surface area (Å²) in [5.41, 5.74) is 2.16. The number of nitrogens with one attached hydrogen (secondary N) is 1. The minimum absolute atomic E-state index is 0.117. The van der Waals surface area contributed by atoms with Crippen LogP contribution in [-0.4, -0.2) is 65.6 Å². The van der Waals surface area contributed by atoms with Gasteiger partial charge >= 0.3 is 6.09 Å². The predicted octanol–water partition coefficient (Wildman–Crippen LogP) is 3.66. The van der Waals surface area contributed by atoms with Gasteiger partial charge in [-0.25, -0.2) is 9.78 Å². The Morgan fingerprint density at radius 2 is 1.78 bits per heavy atom. The van der Waals surface area contributed by atoms with E-state index in [9.17, 15) is 9.59 Å². The second kappa shape index (κ2) is 9.76. The van der Waals surface area contributed by atoms with Gasteiger partial charge in [-0.1, -0.05) is 0 Å². The fourth-order valence-corrected chi connectivity index (χ4v) is 4.25. The zero-order valence-corrected chi connectivity index (χ0v) is 20.5. The van der Waals surface area contributed by atoms with Crippen LogP contribution in [0.15, 0.2) is 49.3 Å². The molecule has 1 aliphatic heterocycles. The van der Waals surface area contributed by atoms with E-state index in [1.165, 1.54) is 0 Å². The number of anilines is 1. The average molecular weight is 489 g/mol. The number of piperidine rings is 1. The van der Waals surface area contributed by atoms with E-state index in [1.807, 2.05) is 39.2 Å². The van der Waals surface area contributed by atoms with Gasteiger partial charge < -0.3 is 15.0 Å². The molecule has 0 saturated carbocycles. The number of carbonyl (C=O) groups excluding carboxylic acids is 2. The number of hydrogen-bond acceptors (Lipinski definition) is 7. The third-order valence-corrected chi connectivity index (χ3v) is 6.14. The summed E-state index contributed by atoms with van der Waals surface area (Å²) in [4.78, 5) is 35.5. The summed E-state index contributed by atoms with van der Waals surface area (Å²) in [6.45, 7) is 4.86. The van der Waals surface area contributed by atoms with Crippen LogP contribution in [0, 0.1) is 0 Å². The summed E-state index contributed by atoms with van der Waals surface area (Å²) < 4.78 is 8.81. The van der Waals surface area contributed by atoms with E-state index in [4.69, 9.17) is 4.74 Å². The van der Waals surface area contributed by atoms with Gasteiger partial charge in [-0.05, 0) is 44.2 Å². The summed E-state index contributed by atoms with van der Waals surface area (Å²) in [6, 6.07) is 3.89. The van der Waals surface area contributed by atoms with Crippen LogP contribution < -0.4 is 5.32 Å². The topological polar surface area (TPSA) is 120 Å². The SMILES string of the molecule is CC(C)OC(=O)N1CCC(n2cc(C(=O)Nc3cc4cc(-c5cnn(C)c5)ncc4cn3)cn2)CC1. The van der Waals surface area contributed by atoms with Gasteiger partial charge in [0.05, 0.1) is 35.8 Å². The first-order chi connectivity index (χ1) is 17.4. The molecule has 4 aromatic heterocycles. The lowest BCUT2D eigenvalue weighted by atomic mass is 10.1. The molecule has 11 heteroatoms. The maximum absolute atomic E-state index is 12.9. The van der Waals surface area contributed by atoms with Crippen molar-refractivity contribution in [3.63, 3.8) is 0 Å². The molecule has 1 aliphatic rings. The van der Waals surface area contributed by atoms with Crippen LogP contribution in [0.2, 0.25) is 0 Å². The van der Waals surface area contributed by atoms with Crippen LogP contribution in [-0.2, 0) is 11.8 Å². The molecule has 5 rings (SSSR count). The largest absolute Gasteiger partial charge is 0.447 e. The van der Waals surface area contributed by atoms with Crippen molar-refractivity contribution < 1.29 is 14.3 Å². The van der Waals surface area contributed by atoms with Crippen molar-refractivity contribution in [3.05, 3.63) is 54.9 Å².